The summed E-state index contributed by atoms with van der Waals surface area (Å²) < 4.78 is 5.41. The molecule has 0 saturated heterocycles. The lowest BCUT2D eigenvalue weighted by Gasteiger charge is -2.28. The molecule has 0 aromatic heterocycles. The Morgan fingerprint density at radius 3 is 2.43 bits per heavy atom. The molecule has 0 aliphatic heterocycles. The Morgan fingerprint density at radius 1 is 1.21 bits per heavy atom. The van der Waals surface area contributed by atoms with E-state index in [1.54, 1.807) is 0 Å². The van der Waals surface area contributed by atoms with Gasteiger partial charge in [0.1, 0.15) is 0 Å². The van der Waals surface area contributed by atoms with Gasteiger partial charge in [0.25, 0.3) is 0 Å². The van der Waals surface area contributed by atoms with Crippen LogP contribution in [-0.4, -0.2) is 26.3 Å². The smallest absolute Gasteiger partial charge is 0.0471 e. The summed E-state index contributed by atoms with van der Waals surface area (Å²) in [5, 5.41) is 3.50. The zero-order chi connectivity index (χ0) is 10.9. The van der Waals surface area contributed by atoms with Crippen molar-refractivity contribution >= 4 is 0 Å². The molecule has 0 radical (unpaired) electrons. The minimum absolute atomic E-state index is 0.407. The molecule has 0 heterocycles. The minimum atomic E-state index is 0.407. The van der Waals surface area contributed by atoms with Crippen LogP contribution in [0.5, 0.6) is 0 Å². The van der Waals surface area contributed by atoms with Crippen LogP contribution in [-0.2, 0) is 4.74 Å². The average Bonchev–Trinajstić information content (AvgIpc) is 2.19. The van der Waals surface area contributed by atoms with Crippen LogP contribution in [0.2, 0.25) is 0 Å². The predicted octanol–water partition coefficient (Wildman–Crippen LogP) is 2.83. The Kier molecular flexibility index (Phi) is 8.20. The molecule has 0 aliphatic carbocycles. The summed E-state index contributed by atoms with van der Waals surface area (Å²) in [4.78, 5) is 0. The van der Waals surface area contributed by atoms with Gasteiger partial charge in [0.2, 0.25) is 0 Å². The maximum absolute atomic E-state index is 5.41. The molecular weight excluding hydrogens is 174 g/mol. The maximum Gasteiger partial charge on any atom is 0.0471 e. The maximum atomic E-state index is 5.41. The van der Waals surface area contributed by atoms with Gasteiger partial charge in [0.05, 0.1) is 0 Å². The van der Waals surface area contributed by atoms with E-state index in [2.05, 4.69) is 33.0 Å². The highest BCUT2D eigenvalue weighted by atomic mass is 16.5. The zero-order valence-corrected chi connectivity index (χ0v) is 10.4. The molecule has 14 heavy (non-hydrogen) atoms. The Balaban J connectivity index is 3.67. The van der Waals surface area contributed by atoms with E-state index >= 15 is 0 Å². The van der Waals surface area contributed by atoms with Crippen LogP contribution in [0.3, 0.4) is 0 Å². The molecule has 0 aromatic rings. The molecule has 0 aliphatic rings. The second-order valence-corrected chi connectivity index (χ2v) is 4.29. The van der Waals surface area contributed by atoms with Gasteiger partial charge in [-0.1, -0.05) is 20.8 Å². The van der Waals surface area contributed by atoms with Crippen LogP contribution in [0, 0.1) is 5.41 Å². The molecule has 0 fully saturated rings. The summed E-state index contributed by atoms with van der Waals surface area (Å²) in [5.41, 5.74) is 0.407. The van der Waals surface area contributed by atoms with Crippen LogP contribution in [0.25, 0.3) is 0 Å². The fourth-order valence-electron chi connectivity index (χ4n) is 1.42. The van der Waals surface area contributed by atoms with Crippen molar-refractivity contribution in [1.82, 2.24) is 5.32 Å². The molecule has 2 nitrogen and oxygen atoms in total. The van der Waals surface area contributed by atoms with E-state index in [1.165, 1.54) is 12.8 Å². The first kappa shape index (κ1) is 13.9. The van der Waals surface area contributed by atoms with Crippen molar-refractivity contribution in [2.75, 3.05) is 26.3 Å². The van der Waals surface area contributed by atoms with Crippen molar-refractivity contribution in [1.29, 1.82) is 0 Å². The van der Waals surface area contributed by atoms with Crippen LogP contribution in [0.15, 0.2) is 0 Å². The monoisotopic (exact) mass is 201 g/mol. The predicted molar refractivity (Wildman–Crippen MR) is 62.7 cm³/mol. The highest BCUT2D eigenvalue weighted by Crippen LogP contribution is 2.24. The fraction of sp³-hybridized carbons (Fsp3) is 1.00. The van der Waals surface area contributed by atoms with Crippen LogP contribution < -0.4 is 5.32 Å². The van der Waals surface area contributed by atoms with E-state index in [4.69, 9.17) is 4.74 Å². The van der Waals surface area contributed by atoms with Gasteiger partial charge in [-0.2, -0.15) is 0 Å². The first-order valence-corrected chi connectivity index (χ1v) is 5.97. The average molecular weight is 201 g/mol. The Bertz CT molecular complexity index is 115. The van der Waals surface area contributed by atoms with Crippen molar-refractivity contribution < 1.29 is 4.74 Å². The summed E-state index contributed by atoms with van der Waals surface area (Å²) >= 11 is 0. The quantitative estimate of drug-likeness (QED) is 0.579. The van der Waals surface area contributed by atoms with Crippen molar-refractivity contribution in [2.24, 2.45) is 5.41 Å². The van der Waals surface area contributed by atoms with E-state index in [0.29, 0.717) is 5.41 Å². The van der Waals surface area contributed by atoms with Gasteiger partial charge in [-0.25, -0.2) is 0 Å². The number of hydrogen-bond donors (Lipinski definition) is 1. The first-order chi connectivity index (χ1) is 6.68. The van der Waals surface area contributed by atoms with Gasteiger partial charge in [-0.15, -0.1) is 0 Å². The van der Waals surface area contributed by atoms with E-state index in [1.807, 2.05) is 0 Å². The Morgan fingerprint density at radius 2 is 1.93 bits per heavy atom. The van der Waals surface area contributed by atoms with Crippen molar-refractivity contribution in [3.05, 3.63) is 0 Å². The highest BCUT2D eigenvalue weighted by molar-refractivity contribution is 4.75. The summed E-state index contributed by atoms with van der Waals surface area (Å²) in [6.45, 7) is 12.8. The topological polar surface area (TPSA) is 21.3 Å². The summed E-state index contributed by atoms with van der Waals surface area (Å²) in [6, 6.07) is 0. The molecule has 0 aromatic carbocycles. The number of hydrogen-bond acceptors (Lipinski definition) is 2. The molecule has 2 heteroatoms. The number of rotatable bonds is 9. The Labute approximate surface area is 89.4 Å². The molecule has 0 rings (SSSR count). The van der Waals surface area contributed by atoms with E-state index in [0.717, 1.165) is 32.7 Å². The molecule has 0 spiro atoms. The van der Waals surface area contributed by atoms with Crippen molar-refractivity contribution in [2.45, 2.75) is 47.0 Å². The molecule has 0 saturated carbocycles. The van der Waals surface area contributed by atoms with Gasteiger partial charge in [-0.05, 0) is 38.1 Å². The minimum Gasteiger partial charge on any atom is -0.382 e. The second-order valence-electron chi connectivity index (χ2n) is 4.29. The molecule has 0 amide bonds. The third kappa shape index (κ3) is 6.39. The molecule has 86 valence electrons. The van der Waals surface area contributed by atoms with Crippen molar-refractivity contribution in [3.63, 3.8) is 0 Å². The lowest BCUT2D eigenvalue weighted by atomic mass is 9.84. The summed E-state index contributed by atoms with van der Waals surface area (Å²) in [6.07, 6.45) is 3.59. The molecular formula is C12H27NO. The molecule has 0 bridgehead atoms. The van der Waals surface area contributed by atoms with Crippen LogP contribution in [0.1, 0.15) is 47.0 Å². The number of ether oxygens (including phenoxy) is 1. The summed E-state index contributed by atoms with van der Waals surface area (Å²) in [7, 11) is 0. The molecule has 1 atom stereocenters. The fourth-order valence-corrected chi connectivity index (χ4v) is 1.42. The van der Waals surface area contributed by atoms with Gasteiger partial charge in [-0.3, -0.25) is 0 Å². The lowest BCUT2D eigenvalue weighted by Crippen LogP contribution is -2.32. The van der Waals surface area contributed by atoms with E-state index in [-0.39, 0.29) is 0 Å². The van der Waals surface area contributed by atoms with Gasteiger partial charge in [0.15, 0.2) is 0 Å². The third-order valence-corrected chi connectivity index (χ3v) is 2.89. The normalized spacial score (nSPS) is 15.4. The second kappa shape index (κ2) is 8.25. The zero-order valence-electron chi connectivity index (χ0n) is 10.4. The standard InChI is InChI=1S/C12H27NO/c1-5-9-13-11-12(4,6-2)8-10-14-7-3/h13H,5-11H2,1-4H3. The number of nitrogens with one attached hydrogen (secondary N) is 1. The van der Waals surface area contributed by atoms with Gasteiger partial charge in [0, 0.05) is 19.8 Å². The highest BCUT2D eigenvalue weighted by Gasteiger charge is 2.20. The third-order valence-electron chi connectivity index (χ3n) is 2.89. The first-order valence-electron chi connectivity index (χ1n) is 5.97. The SMILES string of the molecule is CCCNCC(C)(CC)CCOCC. The van der Waals surface area contributed by atoms with E-state index < -0.39 is 0 Å². The molecule has 1 unspecified atom stereocenters. The lowest BCUT2D eigenvalue weighted by molar-refractivity contribution is 0.106. The largest absolute Gasteiger partial charge is 0.382 e. The molecule has 1 N–H and O–H groups in total. The summed E-state index contributed by atoms with van der Waals surface area (Å²) in [5.74, 6) is 0. The van der Waals surface area contributed by atoms with E-state index in [9.17, 15) is 0 Å². The van der Waals surface area contributed by atoms with Crippen LogP contribution in [0.4, 0.5) is 0 Å². The van der Waals surface area contributed by atoms with Gasteiger partial charge < -0.3 is 10.1 Å². The van der Waals surface area contributed by atoms with Gasteiger partial charge >= 0.3 is 0 Å². The van der Waals surface area contributed by atoms with Crippen molar-refractivity contribution in [3.8, 4) is 0 Å². The Hall–Kier alpha value is -0.0800. The van der Waals surface area contributed by atoms with Crippen LogP contribution >= 0.6 is 0 Å².